The van der Waals surface area contributed by atoms with E-state index in [1.165, 1.54) is 6.20 Å². The number of hydrogen-bond acceptors (Lipinski definition) is 5. The number of aromatic nitrogens is 4. The molecular formula is C16H15ClN6O. The van der Waals surface area contributed by atoms with Gasteiger partial charge in [0.05, 0.1) is 22.3 Å². The van der Waals surface area contributed by atoms with Gasteiger partial charge in [-0.05, 0) is 25.0 Å². The maximum atomic E-state index is 12.5. The van der Waals surface area contributed by atoms with E-state index in [9.17, 15) is 4.79 Å². The zero-order chi connectivity index (χ0) is 16.5. The highest BCUT2D eigenvalue weighted by Crippen LogP contribution is 2.21. The number of para-hydroxylation sites is 2. The van der Waals surface area contributed by atoms with Crippen molar-refractivity contribution < 1.29 is 4.79 Å². The summed E-state index contributed by atoms with van der Waals surface area (Å²) in [6, 6.07) is 7.54. The summed E-state index contributed by atoms with van der Waals surface area (Å²) in [4.78, 5) is 30.5. The third-order valence-corrected chi connectivity index (χ3v) is 4.23. The summed E-state index contributed by atoms with van der Waals surface area (Å²) in [5.41, 5.74) is 1.77. The number of carbonyl (C=O) groups is 1. The molecule has 0 atom stereocenters. The second-order valence-corrected chi connectivity index (χ2v) is 6.02. The number of rotatable bonds is 3. The molecular weight excluding hydrogens is 328 g/mol. The molecule has 8 heteroatoms. The van der Waals surface area contributed by atoms with Crippen molar-refractivity contribution >= 4 is 40.4 Å². The average Bonchev–Trinajstić information content (AvgIpc) is 3.24. The van der Waals surface area contributed by atoms with Crippen molar-refractivity contribution in [3.05, 3.63) is 41.2 Å². The average molecular weight is 343 g/mol. The molecule has 3 heterocycles. The van der Waals surface area contributed by atoms with Crippen LogP contribution in [0.25, 0.3) is 11.0 Å². The summed E-state index contributed by atoms with van der Waals surface area (Å²) in [5.74, 6) is 0.479. The lowest BCUT2D eigenvalue weighted by molar-refractivity contribution is 0.102. The first kappa shape index (κ1) is 14.9. The molecule has 24 heavy (non-hydrogen) atoms. The number of H-pyrrole nitrogens is 1. The van der Waals surface area contributed by atoms with Crippen molar-refractivity contribution in [3.63, 3.8) is 0 Å². The number of carbonyl (C=O) groups excluding carboxylic acids is 1. The van der Waals surface area contributed by atoms with Crippen molar-refractivity contribution in [1.82, 2.24) is 19.9 Å². The van der Waals surface area contributed by atoms with E-state index in [0.29, 0.717) is 11.9 Å². The molecule has 0 aliphatic carbocycles. The summed E-state index contributed by atoms with van der Waals surface area (Å²) >= 11 is 6.11. The number of imidazole rings is 1. The molecule has 1 aromatic carbocycles. The summed E-state index contributed by atoms with van der Waals surface area (Å²) in [6.45, 7) is 1.79. The van der Waals surface area contributed by atoms with Crippen molar-refractivity contribution in [2.75, 3.05) is 23.3 Å². The molecule has 1 fully saturated rings. The van der Waals surface area contributed by atoms with Crippen LogP contribution < -0.4 is 10.2 Å². The molecule has 0 spiro atoms. The van der Waals surface area contributed by atoms with Gasteiger partial charge in [0.25, 0.3) is 5.91 Å². The zero-order valence-electron chi connectivity index (χ0n) is 12.8. The van der Waals surface area contributed by atoms with Gasteiger partial charge in [-0.2, -0.15) is 0 Å². The maximum absolute atomic E-state index is 12.5. The lowest BCUT2D eigenvalue weighted by Gasteiger charge is -2.15. The Morgan fingerprint density at radius 2 is 2.00 bits per heavy atom. The highest BCUT2D eigenvalue weighted by molar-refractivity contribution is 6.34. The van der Waals surface area contributed by atoms with Crippen LogP contribution in [0, 0.1) is 0 Å². The molecule has 122 valence electrons. The topological polar surface area (TPSA) is 86.8 Å². The quantitative estimate of drug-likeness (QED) is 0.764. The van der Waals surface area contributed by atoms with Crippen LogP contribution in [-0.4, -0.2) is 38.9 Å². The van der Waals surface area contributed by atoms with Crippen LogP contribution in [0.1, 0.15) is 23.3 Å². The Hall–Kier alpha value is -2.67. The van der Waals surface area contributed by atoms with Gasteiger partial charge in [-0.3, -0.25) is 10.1 Å². The molecule has 0 unspecified atom stereocenters. The van der Waals surface area contributed by atoms with Gasteiger partial charge in [0, 0.05) is 13.1 Å². The third kappa shape index (κ3) is 2.78. The normalized spacial score (nSPS) is 14.3. The van der Waals surface area contributed by atoms with Crippen LogP contribution in [0.4, 0.5) is 11.9 Å². The predicted octanol–water partition coefficient (Wildman–Crippen LogP) is 2.86. The summed E-state index contributed by atoms with van der Waals surface area (Å²) < 4.78 is 0. The van der Waals surface area contributed by atoms with Crippen molar-refractivity contribution in [1.29, 1.82) is 0 Å². The van der Waals surface area contributed by atoms with Gasteiger partial charge in [0.2, 0.25) is 11.9 Å². The van der Waals surface area contributed by atoms with E-state index < -0.39 is 5.91 Å². The van der Waals surface area contributed by atoms with E-state index in [4.69, 9.17) is 11.6 Å². The van der Waals surface area contributed by atoms with Crippen LogP contribution in [0.15, 0.2) is 30.5 Å². The predicted molar refractivity (Wildman–Crippen MR) is 92.5 cm³/mol. The molecule has 0 radical (unpaired) electrons. The van der Waals surface area contributed by atoms with Gasteiger partial charge in [-0.1, -0.05) is 23.7 Å². The molecule has 2 N–H and O–H groups in total. The van der Waals surface area contributed by atoms with Crippen molar-refractivity contribution in [3.8, 4) is 0 Å². The molecule has 1 aliphatic heterocycles. The lowest BCUT2D eigenvalue weighted by Crippen LogP contribution is -2.23. The SMILES string of the molecule is O=C(Nc1nc2ccccc2[nH]1)c1nc(N2CCCC2)ncc1Cl. The molecule has 1 amide bonds. The Labute approximate surface area is 143 Å². The summed E-state index contributed by atoms with van der Waals surface area (Å²) in [7, 11) is 0. The number of fused-ring (bicyclic) bond motifs is 1. The number of amides is 1. The van der Waals surface area contributed by atoms with Crippen LogP contribution in [-0.2, 0) is 0 Å². The molecule has 2 aromatic heterocycles. The second kappa shape index (κ2) is 6.09. The number of nitrogens with zero attached hydrogens (tertiary/aromatic N) is 4. The van der Waals surface area contributed by atoms with Crippen LogP contribution in [0.2, 0.25) is 5.02 Å². The zero-order valence-corrected chi connectivity index (χ0v) is 13.5. The van der Waals surface area contributed by atoms with Crippen LogP contribution >= 0.6 is 11.6 Å². The van der Waals surface area contributed by atoms with Crippen molar-refractivity contribution in [2.24, 2.45) is 0 Å². The fourth-order valence-corrected chi connectivity index (χ4v) is 2.94. The van der Waals surface area contributed by atoms with E-state index >= 15 is 0 Å². The molecule has 0 saturated carbocycles. The number of benzene rings is 1. The molecule has 7 nitrogen and oxygen atoms in total. The van der Waals surface area contributed by atoms with E-state index in [1.807, 2.05) is 29.2 Å². The number of halogens is 1. The van der Waals surface area contributed by atoms with E-state index in [2.05, 4.69) is 25.3 Å². The highest BCUT2D eigenvalue weighted by Gasteiger charge is 2.20. The summed E-state index contributed by atoms with van der Waals surface area (Å²) in [6.07, 6.45) is 3.68. The second-order valence-electron chi connectivity index (χ2n) is 5.62. The van der Waals surface area contributed by atoms with E-state index in [-0.39, 0.29) is 10.7 Å². The number of aromatic amines is 1. The molecule has 1 saturated heterocycles. The van der Waals surface area contributed by atoms with Gasteiger partial charge >= 0.3 is 0 Å². The Morgan fingerprint density at radius 1 is 1.21 bits per heavy atom. The first-order valence-corrected chi connectivity index (χ1v) is 8.12. The van der Waals surface area contributed by atoms with Gasteiger partial charge in [-0.15, -0.1) is 0 Å². The minimum atomic E-state index is -0.415. The Bertz CT molecular complexity index is 869. The van der Waals surface area contributed by atoms with Crippen molar-refractivity contribution in [2.45, 2.75) is 12.8 Å². The Balaban J connectivity index is 1.60. The largest absolute Gasteiger partial charge is 0.341 e. The van der Waals surface area contributed by atoms with E-state index in [1.54, 1.807) is 0 Å². The molecule has 4 rings (SSSR count). The standard InChI is InChI=1S/C16H15ClN6O/c17-10-9-18-16(23-7-3-4-8-23)21-13(10)14(24)22-15-19-11-5-1-2-6-12(11)20-15/h1-2,5-6,9H,3-4,7-8H2,(H2,19,20,22,24). The first-order valence-electron chi connectivity index (χ1n) is 7.74. The minimum absolute atomic E-state index is 0.147. The van der Waals surface area contributed by atoms with Gasteiger partial charge in [0.15, 0.2) is 5.69 Å². The number of anilines is 2. The van der Waals surface area contributed by atoms with Crippen LogP contribution in [0.3, 0.4) is 0 Å². The molecule has 3 aromatic rings. The third-order valence-electron chi connectivity index (χ3n) is 3.96. The number of nitrogens with one attached hydrogen (secondary N) is 2. The highest BCUT2D eigenvalue weighted by atomic mass is 35.5. The fraction of sp³-hybridized carbons (Fsp3) is 0.250. The van der Waals surface area contributed by atoms with Crippen LogP contribution in [0.5, 0.6) is 0 Å². The van der Waals surface area contributed by atoms with Gasteiger partial charge in [0.1, 0.15) is 0 Å². The lowest BCUT2D eigenvalue weighted by atomic mass is 10.3. The first-order chi connectivity index (χ1) is 11.7. The van der Waals surface area contributed by atoms with Gasteiger partial charge < -0.3 is 9.88 Å². The monoisotopic (exact) mass is 342 g/mol. The molecule has 0 bridgehead atoms. The Morgan fingerprint density at radius 3 is 2.79 bits per heavy atom. The maximum Gasteiger partial charge on any atom is 0.278 e. The Kier molecular flexibility index (Phi) is 3.78. The van der Waals surface area contributed by atoms with E-state index in [0.717, 1.165) is 37.0 Å². The summed E-state index contributed by atoms with van der Waals surface area (Å²) in [5, 5.41) is 2.92. The fourth-order valence-electron chi connectivity index (χ4n) is 2.77. The smallest absolute Gasteiger partial charge is 0.278 e. The van der Waals surface area contributed by atoms with Gasteiger partial charge in [-0.25, -0.2) is 15.0 Å². The molecule has 1 aliphatic rings. The number of hydrogen-bond donors (Lipinski definition) is 2. The minimum Gasteiger partial charge on any atom is -0.341 e.